The fourth-order valence-corrected chi connectivity index (χ4v) is 3.47. The number of halogens is 4. The summed E-state index contributed by atoms with van der Waals surface area (Å²) >= 11 is 11.8. The van der Waals surface area contributed by atoms with E-state index in [-0.39, 0.29) is 34.4 Å². The standard InChI is InChI=1S/C20H15Cl2FN2O4S.BrH/c21-15-3-6-19(18(22)11-15)29-13-20(26)24-16-7-9-25(10-8-16)12-14-1-4-17(5-2-14)30(23,27)28;/h1-11H,12-13H2;1H. The molecule has 1 heterocycles. The minimum Gasteiger partial charge on any atom is -1.00 e. The zero-order valence-corrected chi connectivity index (χ0v) is 19.7. The van der Waals surface area contributed by atoms with Gasteiger partial charge >= 0.3 is 10.2 Å². The molecule has 11 heteroatoms. The quantitative estimate of drug-likeness (QED) is 0.352. The molecule has 0 unspecified atom stereocenters. The number of rotatable bonds is 7. The zero-order valence-electron chi connectivity index (χ0n) is 15.8. The van der Waals surface area contributed by atoms with E-state index in [0.29, 0.717) is 28.0 Å². The van der Waals surface area contributed by atoms with Gasteiger partial charge in [-0.15, -0.1) is 3.89 Å². The summed E-state index contributed by atoms with van der Waals surface area (Å²) in [4.78, 5) is 11.7. The summed E-state index contributed by atoms with van der Waals surface area (Å²) in [6.07, 6.45) is 3.48. The second-order valence-electron chi connectivity index (χ2n) is 6.25. The number of hydrogen-bond donors (Lipinski definition) is 1. The lowest BCUT2D eigenvalue weighted by Gasteiger charge is -2.08. The fraction of sp³-hybridized carbons (Fsp3) is 0.100. The average Bonchev–Trinajstić information content (AvgIpc) is 2.68. The van der Waals surface area contributed by atoms with Crippen molar-refractivity contribution in [1.29, 1.82) is 0 Å². The van der Waals surface area contributed by atoms with Crippen LogP contribution in [0.1, 0.15) is 5.56 Å². The number of nitrogens with zero attached hydrogens (tertiary/aromatic N) is 1. The van der Waals surface area contributed by atoms with Crippen LogP contribution in [0.25, 0.3) is 0 Å². The predicted molar refractivity (Wildman–Crippen MR) is 111 cm³/mol. The number of nitrogens with one attached hydrogen (secondary N) is 1. The number of amides is 1. The van der Waals surface area contributed by atoms with Crippen LogP contribution in [0.3, 0.4) is 0 Å². The van der Waals surface area contributed by atoms with E-state index >= 15 is 0 Å². The van der Waals surface area contributed by atoms with E-state index in [2.05, 4.69) is 5.32 Å². The van der Waals surface area contributed by atoms with Gasteiger partial charge in [0.25, 0.3) is 5.91 Å². The summed E-state index contributed by atoms with van der Waals surface area (Å²) in [5.41, 5.74) is 1.36. The molecule has 0 aliphatic carbocycles. The topological polar surface area (TPSA) is 76.3 Å². The van der Waals surface area contributed by atoms with Crippen molar-refractivity contribution < 1.29 is 43.4 Å². The van der Waals surface area contributed by atoms with Gasteiger partial charge < -0.3 is 27.0 Å². The number of hydrogen-bond acceptors (Lipinski definition) is 4. The number of benzene rings is 2. The van der Waals surface area contributed by atoms with Crippen LogP contribution in [0.2, 0.25) is 10.0 Å². The van der Waals surface area contributed by atoms with Crippen molar-refractivity contribution in [3.63, 3.8) is 0 Å². The van der Waals surface area contributed by atoms with Gasteiger partial charge in [-0.1, -0.05) is 35.3 Å². The van der Waals surface area contributed by atoms with Gasteiger partial charge in [-0.2, -0.15) is 8.42 Å². The molecule has 1 aromatic heterocycles. The van der Waals surface area contributed by atoms with Gasteiger partial charge in [0.15, 0.2) is 25.5 Å². The molecule has 0 saturated heterocycles. The van der Waals surface area contributed by atoms with E-state index in [1.54, 1.807) is 36.7 Å². The van der Waals surface area contributed by atoms with Crippen LogP contribution in [0.5, 0.6) is 5.75 Å². The molecule has 1 amide bonds. The second-order valence-corrected chi connectivity index (χ2v) is 8.44. The molecule has 0 saturated carbocycles. The second kappa shape index (κ2) is 10.9. The molecule has 3 rings (SSSR count). The highest BCUT2D eigenvalue weighted by Crippen LogP contribution is 2.27. The SMILES string of the molecule is O=C(COc1ccc(Cl)cc1Cl)Nc1cc[n+](Cc2ccc(S(=O)(=O)F)cc2)cc1.[Br-]. The Morgan fingerprint density at radius 1 is 1.03 bits per heavy atom. The van der Waals surface area contributed by atoms with Crippen LogP contribution >= 0.6 is 23.2 Å². The summed E-state index contributed by atoms with van der Waals surface area (Å²) in [5, 5.41) is 3.49. The molecule has 0 spiro atoms. The minimum atomic E-state index is -4.71. The number of pyridine rings is 1. The fourth-order valence-electron chi connectivity index (χ4n) is 2.55. The maximum absolute atomic E-state index is 12.9. The van der Waals surface area contributed by atoms with Crippen molar-refractivity contribution in [3.8, 4) is 5.75 Å². The minimum absolute atomic E-state index is 0. The summed E-state index contributed by atoms with van der Waals surface area (Å²) in [6.45, 7) is 0.221. The van der Waals surface area contributed by atoms with Crippen LogP contribution in [0.15, 0.2) is 71.9 Å². The molecule has 3 aromatic rings. The Labute approximate surface area is 199 Å². The third kappa shape index (κ3) is 7.46. The molecule has 0 aliphatic heterocycles. The molecule has 2 aromatic carbocycles. The summed E-state index contributed by atoms with van der Waals surface area (Å²) in [5.74, 6) is -0.00418. The van der Waals surface area contributed by atoms with E-state index < -0.39 is 10.2 Å². The first-order chi connectivity index (χ1) is 14.2. The van der Waals surface area contributed by atoms with Crippen LogP contribution in [-0.4, -0.2) is 20.9 Å². The number of ether oxygens (including phenoxy) is 1. The van der Waals surface area contributed by atoms with Gasteiger partial charge in [0.05, 0.1) is 15.6 Å². The Hall–Kier alpha value is -2.20. The first kappa shape index (κ1) is 25.1. The van der Waals surface area contributed by atoms with Gasteiger partial charge in [-0.3, -0.25) is 4.79 Å². The summed E-state index contributed by atoms with van der Waals surface area (Å²) in [7, 11) is -4.71. The molecular formula is C20H16BrCl2FN2O4S. The monoisotopic (exact) mass is 548 g/mol. The first-order valence-electron chi connectivity index (χ1n) is 8.61. The van der Waals surface area contributed by atoms with Crippen molar-refractivity contribution in [2.24, 2.45) is 0 Å². The molecular weight excluding hydrogens is 534 g/mol. The van der Waals surface area contributed by atoms with Crippen LogP contribution < -0.4 is 31.6 Å². The maximum atomic E-state index is 12.9. The van der Waals surface area contributed by atoms with Crippen LogP contribution in [0, 0.1) is 0 Å². The van der Waals surface area contributed by atoms with Gasteiger partial charge in [0, 0.05) is 22.7 Å². The summed E-state index contributed by atoms with van der Waals surface area (Å²) in [6, 6.07) is 13.6. The molecule has 0 atom stereocenters. The number of carbonyl (C=O) groups excluding carboxylic acids is 1. The smallest absolute Gasteiger partial charge is 0.332 e. The Morgan fingerprint density at radius 3 is 2.26 bits per heavy atom. The highest BCUT2D eigenvalue weighted by Gasteiger charge is 2.12. The highest BCUT2D eigenvalue weighted by atomic mass is 79.9. The largest absolute Gasteiger partial charge is 1.00 e. The average molecular weight is 550 g/mol. The molecule has 164 valence electrons. The molecule has 0 fully saturated rings. The molecule has 31 heavy (non-hydrogen) atoms. The van der Waals surface area contributed by atoms with Crippen molar-refractivity contribution in [2.45, 2.75) is 11.4 Å². The predicted octanol–water partition coefficient (Wildman–Crippen LogP) is 1.01. The van der Waals surface area contributed by atoms with E-state index in [1.807, 2.05) is 4.57 Å². The van der Waals surface area contributed by atoms with Crippen molar-refractivity contribution in [2.75, 3.05) is 11.9 Å². The van der Waals surface area contributed by atoms with E-state index in [1.165, 1.54) is 30.3 Å². The molecule has 1 N–H and O–H groups in total. The molecule has 0 radical (unpaired) electrons. The molecule has 6 nitrogen and oxygen atoms in total. The Morgan fingerprint density at radius 2 is 1.68 bits per heavy atom. The van der Waals surface area contributed by atoms with E-state index in [4.69, 9.17) is 27.9 Å². The lowest BCUT2D eigenvalue weighted by molar-refractivity contribution is -0.688. The van der Waals surface area contributed by atoms with E-state index in [9.17, 15) is 17.1 Å². The number of carbonyl (C=O) groups is 1. The first-order valence-corrected chi connectivity index (χ1v) is 10.7. The normalized spacial score (nSPS) is 10.8. The molecule has 0 bridgehead atoms. The Kier molecular flexibility index (Phi) is 8.81. The van der Waals surface area contributed by atoms with Crippen molar-refractivity contribution in [3.05, 3.63) is 82.6 Å². The third-order valence-corrected chi connectivity index (χ3v) is 5.36. The van der Waals surface area contributed by atoms with Gasteiger partial charge in [-0.05, 0) is 30.3 Å². The molecule has 0 aliphatic rings. The van der Waals surface area contributed by atoms with Crippen molar-refractivity contribution >= 4 is 45.0 Å². The van der Waals surface area contributed by atoms with Crippen molar-refractivity contribution in [1.82, 2.24) is 0 Å². The third-order valence-electron chi connectivity index (χ3n) is 4.00. The zero-order chi connectivity index (χ0) is 21.7. The van der Waals surface area contributed by atoms with Gasteiger partial charge in [-0.25, -0.2) is 4.57 Å². The number of anilines is 1. The Balaban J connectivity index is 0.00000341. The highest BCUT2D eigenvalue weighted by molar-refractivity contribution is 7.86. The van der Waals surface area contributed by atoms with E-state index in [0.717, 1.165) is 5.56 Å². The van der Waals surface area contributed by atoms with Crippen LogP contribution in [0.4, 0.5) is 9.57 Å². The lowest BCUT2D eigenvalue weighted by Crippen LogP contribution is -3.00. The van der Waals surface area contributed by atoms with Gasteiger partial charge in [0.2, 0.25) is 0 Å². The van der Waals surface area contributed by atoms with Gasteiger partial charge in [0.1, 0.15) is 5.75 Å². The summed E-state index contributed by atoms with van der Waals surface area (Å²) < 4.78 is 41.8. The maximum Gasteiger partial charge on any atom is 0.332 e. The Bertz CT molecular complexity index is 1160. The lowest BCUT2D eigenvalue weighted by atomic mass is 10.2. The van der Waals surface area contributed by atoms with Crippen LogP contribution in [-0.2, 0) is 21.6 Å². The number of aromatic nitrogens is 1.